The zero-order chi connectivity index (χ0) is 14.7. The highest BCUT2D eigenvalue weighted by molar-refractivity contribution is 5.82. The molecule has 2 saturated heterocycles. The molecule has 1 amide bonds. The first-order valence-electron chi connectivity index (χ1n) is 7.43. The summed E-state index contributed by atoms with van der Waals surface area (Å²) in [7, 11) is 0. The molecule has 2 aliphatic rings. The second-order valence-corrected chi connectivity index (χ2v) is 5.55. The monoisotopic (exact) mass is 285 g/mol. The maximum absolute atomic E-state index is 11.7. The standard InChI is InChI=1S/C16H19N3O2/c17-10-12-4-1-2-6-15(12)21-9-8-19-7-3-5-13-14(19)11-18-16(13)20/h1-2,4,6,13-14H,3,5,7-9,11H2,(H,18,20)/t13-,14-/m1/s1. The van der Waals surface area contributed by atoms with E-state index >= 15 is 0 Å². The van der Waals surface area contributed by atoms with E-state index in [1.807, 2.05) is 18.2 Å². The molecule has 0 aromatic heterocycles. The fraction of sp³-hybridized carbons (Fsp3) is 0.500. The van der Waals surface area contributed by atoms with Crippen LogP contribution < -0.4 is 10.1 Å². The Hall–Kier alpha value is -2.06. The van der Waals surface area contributed by atoms with E-state index in [2.05, 4.69) is 16.3 Å². The number of carbonyl (C=O) groups excluding carboxylic acids is 1. The van der Waals surface area contributed by atoms with Crippen molar-refractivity contribution < 1.29 is 9.53 Å². The molecule has 21 heavy (non-hydrogen) atoms. The van der Waals surface area contributed by atoms with Gasteiger partial charge in [0.05, 0.1) is 11.5 Å². The molecular formula is C16H19N3O2. The van der Waals surface area contributed by atoms with E-state index in [1.165, 1.54) is 0 Å². The zero-order valence-electron chi connectivity index (χ0n) is 11.9. The molecule has 2 heterocycles. The Balaban J connectivity index is 1.56. The van der Waals surface area contributed by atoms with E-state index in [-0.39, 0.29) is 11.8 Å². The second-order valence-electron chi connectivity index (χ2n) is 5.55. The fourth-order valence-electron chi connectivity index (χ4n) is 3.28. The van der Waals surface area contributed by atoms with Crippen molar-refractivity contribution in [1.82, 2.24) is 10.2 Å². The van der Waals surface area contributed by atoms with Gasteiger partial charge in [-0.3, -0.25) is 9.69 Å². The zero-order valence-corrected chi connectivity index (χ0v) is 11.9. The normalized spacial score (nSPS) is 25.0. The second kappa shape index (κ2) is 6.15. The smallest absolute Gasteiger partial charge is 0.224 e. The number of ether oxygens (including phenoxy) is 1. The Morgan fingerprint density at radius 3 is 3.14 bits per heavy atom. The largest absolute Gasteiger partial charge is 0.491 e. The van der Waals surface area contributed by atoms with E-state index in [0.717, 1.165) is 32.5 Å². The molecule has 5 heteroatoms. The summed E-state index contributed by atoms with van der Waals surface area (Å²) in [6.45, 7) is 3.09. The van der Waals surface area contributed by atoms with Crippen molar-refractivity contribution in [2.24, 2.45) is 5.92 Å². The molecule has 2 aliphatic heterocycles. The molecule has 2 fully saturated rings. The number of amides is 1. The van der Waals surface area contributed by atoms with Crippen molar-refractivity contribution in [3.8, 4) is 11.8 Å². The number of hydrogen-bond donors (Lipinski definition) is 1. The molecule has 1 aromatic rings. The molecular weight excluding hydrogens is 266 g/mol. The highest BCUT2D eigenvalue weighted by atomic mass is 16.5. The summed E-state index contributed by atoms with van der Waals surface area (Å²) in [5.74, 6) is 0.972. The predicted molar refractivity (Wildman–Crippen MR) is 77.7 cm³/mol. The molecule has 3 rings (SSSR count). The average Bonchev–Trinajstić information content (AvgIpc) is 2.90. The van der Waals surface area contributed by atoms with E-state index in [9.17, 15) is 4.79 Å². The fourth-order valence-corrected chi connectivity index (χ4v) is 3.28. The summed E-state index contributed by atoms with van der Waals surface area (Å²) in [5, 5.41) is 12.0. The average molecular weight is 285 g/mol. The molecule has 110 valence electrons. The van der Waals surface area contributed by atoms with Gasteiger partial charge in [-0.1, -0.05) is 12.1 Å². The summed E-state index contributed by atoms with van der Waals surface area (Å²) in [5.41, 5.74) is 0.562. The summed E-state index contributed by atoms with van der Waals surface area (Å²) in [6.07, 6.45) is 2.05. The molecule has 0 saturated carbocycles. The molecule has 5 nitrogen and oxygen atoms in total. The Bertz CT molecular complexity index is 567. The van der Waals surface area contributed by atoms with Gasteiger partial charge >= 0.3 is 0 Å². The molecule has 1 N–H and O–H groups in total. The van der Waals surface area contributed by atoms with Crippen LogP contribution in [0.25, 0.3) is 0 Å². The molecule has 1 aromatic carbocycles. The van der Waals surface area contributed by atoms with Crippen molar-refractivity contribution in [3.63, 3.8) is 0 Å². The molecule has 0 aliphatic carbocycles. The number of nitrogens with one attached hydrogen (secondary N) is 1. The van der Waals surface area contributed by atoms with Crippen molar-refractivity contribution >= 4 is 5.91 Å². The van der Waals surface area contributed by atoms with Gasteiger partial charge in [-0.15, -0.1) is 0 Å². The van der Waals surface area contributed by atoms with Gasteiger partial charge in [0.1, 0.15) is 18.4 Å². The van der Waals surface area contributed by atoms with Crippen LogP contribution in [0.3, 0.4) is 0 Å². The van der Waals surface area contributed by atoms with Crippen LogP contribution in [-0.2, 0) is 4.79 Å². The van der Waals surface area contributed by atoms with Crippen LogP contribution in [0.4, 0.5) is 0 Å². The molecule has 0 radical (unpaired) electrons. The summed E-state index contributed by atoms with van der Waals surface area (Å²) in [6, 6.07) is 9.71. The number of benzene rings is 1. The molecule has 0 unspecified atom stereocenters. The highest BCUT2D eigenvalue weighted by Crippen LogP contribution is 2.27. The van der Waals surface area contributed by atoms with Gasteiger partial charge in [0.15, 0.2) is 0 Å². The SMILES string of the molecule is N#Cc1ccccc1OCCN1CCC[C@H]2C(=O)NC[C@H]21. The van der Waals surface area contributed by atoms with E-state index in [4.69, 9.17) is 10.00 Å². The van der Waals surface area contributed by atoms with Crippen LogP contribution in [0.1, 0.15) is 18.4 Å². The Labute approximate surface area is 124 Å². The number of piperidine rings is 1. The third-order valence-corrected chi connectivity index (χ3v) is 4.36. The van der Waals surface area contributed by atoms with Gasteiger partial charge in [-0.2, -0.15) is 5.26 Å². The van der Waals surface area contributed by atoms with Gasteiger partial charge < -0.3 is 10.1 Å². The lowest BCUT2D eigenvalue weighted by Gasteiger charge is -2.35. The number of nitrogens with zero attached hydrogens (tertiary/aromatic N) is 2. The lowest BCUT2D eigenvalue weighted by molar-refractivity contribution is -0.124. The van der Waals surface area contributed by atoms with E-state index < -0.39 is 0 Å². The summed E-state index contributed by atoms with van der Waals surface area (Å²) >= 11 is 0. The first-order valence-corrected chi connectivity index (χ1v) is 7.43. The van der Waals surface area contributed by atoms with Gasteiger partial charge in [0.25, 0.3) is 0 Å². The van der Waals surface area contributed by atoms with Gasteiger partial charge in [-0.25, -0.2) is 0 Å². The number of hydrogen-bond acceptors (Lipinski definition) is 4. The minimum atomic E-state index is 0.144. The van der Waals surface area contributed by atoms with Gasteiger partial charge in [0, 0.05) is 19.1 Å². The lowest BCUT2D eigenvalue weighted by Crippen LogP contribution is -2.47. The Morgan fingerprint density at radius 1 is 1.43 bits per heavy atom. The minimum Gasteiger partial charge on any atom is -0.491 e. The maximum atomic E-state index is 11.7. The maximum Gasteiger partial charge on any atom is 0.224 e. The van der Waals surface area contributed by atoms with Gasteiger partial charge in [0.2, 0.25) is 5.91 Å². The lowest BCUT2D eigenvalue weighted by atomic mass is 9.91. The number of likely N-dealkylation sites (tertiary alicyclic amines) is 1. The Morgan fingerprint density at radius 2 is 2.29 bits per heavy atom. The summed E-state index contributed by atoms with van der Waals surface area (Å²) < 4.78 is 5.74. The molecule has 0 bridgehead atoms. The van der Waals surface area contributed by atoms with E-state index in [1.54, 1.807) is 6.07 Å². The van der Waals surface area contributed by atoms with E-state index in [0.29, 0.717) is 24.0 Å². The summed E-state index contributed by atoms with van der Waals surface area (Å²) in [4.78, 5) is 14.1. The number of rotatable bonds is 4. The van der Waals surface area contributed by atoms with Crippen LogP contribution in [0.15, 0.2) is 24.3 Å². The van der Waals surface area contributed by atoms with Crippen molar-refractivity contribution in [2.45, 2.75) is 18.9 Å². The van der Waals surface area contributed by atoms with Crippen molar-refractivity contribution in [1.29, 1.82) is 5.26 Å². The Kier molecular flexibility index (Phi) is 4.07. The van der Waals surface area contributed by atoms with Crippen LogP contribution in [0.5, 0.6) is 5.75 Å². The first kappa shape index (κ1) is 13.9. The molecule has 0 spiro atoms. The molecule has 2 atom stereocenters. The quantitative estimate of drug-likeness (QED) is 0.901. The highest BCUT2D eigenvalue weighted by Gasteiger charge is 2.40. The van der Waals surface area contributed by atoms with Crippen LogP contribution in [0, 0.1) is 17.2 Å². The third kappa shape index (κ3) is 2.86. The van der Waals surface area contributed by atoms with Crippen molar-refractivity contribution in [2.75, 3.05) is 26.2 Å². The third-order valence-electron chi connectivity index (χ3n) is 4.36. The topological polar surface area (TPSA) is 65.4 Å². The van der Waals surface area contributed by atoms with Crippen LogP contribution in [0.2, 0.25) is 0 Å². The number of nitriles is 1. The first-order chi connectivity index (χ1) is 10.3. The number of fused-ring (bicyclic) bond motifs is 1. The van der Waals surface area contributed by atoms with Crippen molar-refractivity contribution in [3.05, 3.63) is 29.8 Å². The van der Waals surface area contributed by atoms with Gasteiger partial charge in [-0.05, 0) is 31.5 Å². The predicted octanol–water partition coefficient (Wildman–Crippen LogP) is 1.15. The number of para-hydroxylation sites is 1. The minimum absolute atomic E-state index is 0.144. The van der Waals surface area contributed by atoms with Crippen LogP contribution >= 0.6 is 0 Å². The number of carbonyl (C=O) groups is 1. The van der Waals surface area contributed by atoms with Crippen LogP contribution in [-0.4, -0.2) is 43.1 Å².